The van der Waals surface area contributed by atoms with Crippen LogP contribution in [0, 0.1) is 0 Å². The van der Waals surface area contributed by atoms with Gasteiger partial charge in [0.1, 0.15) is 0 Å². The molecule has 5 rings (SSSR count). The number of carbonyl (C=O) groups excluding carboxylic acids is 1. The zero-order valence-corrected chi connectivity index (χ0v) is 15.8. The molecule has 28 heavy (non-hydrogen) atoms. The smallest absolute Gasteiger partial charge is 0.324 e. The van der Waals surface area contributed by atoms with Crippen LogP contribution in [0.1, 0.15) is 6.04 Å². The van der Waals surface area contributed by atoms with Gasteiger partial charge in [0, 0.05) is 46.5 Å². The van der Waals surface area contributed by atoms with Crippen molar-refractivity contribution >= 4 is 28.6 Å². The SMILES string of the molecule is CN1CCN(c2cnn(C3CN(c4nc5ccccc5c(=O)n4C)C3)c2)C1=O. The Hall–Kier alpha value is -3.36. The number of rotatable bonds is 3. The highest BCUT2D eigenvalue weighted by Crippen LogP contribution is 2.28. The minimum absolute atomic E-state index is 0.00477. The lowest BCUT2D eigenvalue weighted by Crippen LogP contribution is -2.50. The van der Waals surface area contributed by atoms with Gasteiger partial charge >= 0.3 is 6.03 Å². The number of anilines is 2. The van der Waals surface area contributed by atoms with Crippen LogP contribution in [-0.2, 0) is 7.05 Å². The van der Waals surface area contributed by atoms with Crippen molar-refractivity contribution in [2.24, 2.45) is 7.05 Å². The van der Waals surface area contributed by atoms with E-state index in [1.807, 2.05) is 29.1 Å². The van der Waals surface area contributed by atoms with Crippen molar-refractivity contribution < 1.29 is 4.79 Å². The van der Waals surface area contributed by atoms with Gasteiger partial charge in [-0.25, -0.2) is 9.78 Å². The Morgan fingerprint density at radius 3 is 2.61 bits per heavy atom. The molecule has 0 N–H and O–H groups in total. The molecule has 9 heteroatoms. The highest BCUT2D eigenvalue weighted by atomic mass is 16.2. The lowest BCUT2D eigenvalue weighted by molar-refractivity contribution is 0.229. The second-order valence-electron chi connectivity index (χ2n) is 7.39. The summed E-state index contributed by atoms with van der Waals surface area (Å²) in [6.07, 6.45) is 3.66. The maximum absolute atomic E-state index is 12.6. The Balaban J connectivity index is 1.35. The molecule has 3 aromatic rings. The maximum atomic E-state index is 12.6. The minimum Gasteiger partial charge on any atom is -0.338 e. The second-order valence-corrected chi connectivity index (χ2v) is 7.39. The van der Waals surface area contributed by atoms with E-state index in [-0.39, 0.29) is 17.6 Å². The second kappa shape index (κ2) is 6.08. The summed E-state index contributed by atoms with van der Waals surface area (Å²) in [5.74, 6) is 0.670. The Morgan fingerprint density at radius 2 is 1.86 bits per heavy atom. The van der Waals surface area contributed by atoms with E-state index in [2.05, 4.69) is 15.0 Å². The molecule has 1 aromatic carbocycles. The summed E-state index contributed by atoms with van der Waals surface area (Å²) in [5.41, 5.74) is 1.49. The van der Waals surface area contributed by atoms with E-state index in [1.54, 1.807) is 40.7 Å². The highest BCUT2D eigenvalue weighted by molar-refractivity contribution is 5.93. The number of amides is 2. The van der Waals surface area contributed by atoms with Crippen LogP contribution < -0.4 is 15.4 Å². The molecular formula is C19H21N7O2. The van der Waals surface area contributed by atoms with Gasteiger partial charge in [0.25, 0.3) is 5.56 Å². The third kappa shape index (κ3) is 2.46. The quantitative estimate of drug-likeness (QED) is 0.680. The van der Waals surface area contributed by atoms with Crippen molar-refractivity contribution in [2.75, 3.05) is 43.0 Å². The average Bonchev–Trinajstić information content (AvgIpc) is 3.25. The fourth-order valence-electron chi connectivity index (χ4n) is 3.83. The first-order valence-electron chi connectivity index (χ1n) is 9.30. The topological polar surface area (TPSA) is 79.5 Å². The number of para-hydroxylation sites is 1. The number of hydrogen-bond acceptors (Lipinski definition) is 5. The molecule has 2 aliphatic rings. The van der Waals surface area contributed by atoms with E-state index in [9.17, 15) is 9.59 Å². The number of nitrogens with zero attached hydrogens (tertiary/aromatic N) is 7. The average molecular weight is 379 g/mol. The fourth-order valence-corrected chi connectivity index (χ4v) is 3.83. The third-order valence-electron chi connectivity index (χ3n) is 5.59. The Labute approximate surface area is 161 Å². The predicted molar refractivity (Wildman–Crippen MR) is 106 cm³/mol. The van der Waals surface area contributed by atoms with Crippen LogP contribution in [0.4, 0.5) is 16.4 Å². The number of urea groups is 1. The lowest BCUT2D eigenvalue weighted by Gasteiger charge is -2.40. The van der Waals surface area contributed by atoms with Crippen LogP contribution in [0.3, 0.4) is 0 Å². The van der Waals surface area contributed by atoms with E-state index in [0.29, 0.717) is 36.5 Å². The van der Waals surface area contributed by atoms with Crippen LogP contribution in [0.25, 0.3) is 10.9 Å². The number of aromatic nitrogens is 4. The van der Waals surface area contributed by atoms with Crippen molar-refractivity contribution in [3.8, 4) is 0 Å². The first kappa shape index (κ1) is 16.8. The molecule has 0 radical (unpaired) electrons. The molecule has 0 bridgehead atoms. The Kier molecular flexibility index (Phi) is 3.65. The van der Waals surface area contributed by atoms with Crippen molar-refractivity contribution in [1.82, 2.24) is 24.2 Å². The molecule has 2 aliphatic heterocycles. The summed E-state index contributed by atoms with van der Waals surface area (Å²) in [4.78, 5) is 34.9. The first-order valence-corrected chi connectivity index (χ1v) is 9.30. The zero-order valence-electron chi connectivity index (χ0n) is 15.8. The summed E-state index contributed by atoms with van der Waals surface area (Å²) in [6.45, 7) is 2.84. The first-order chi connectivity index (χ1) is 13.5. The molecule has 0 atom stereocenters. The molecule has 0 spiro atoms. The van der Waals surface area contributed by atoms with Gasteiger partial charge in [-0.05, 0) is 12.1 Å². The molecule has 2 saturated heterocycles. The van der Waals surface area contributed by atoms with Gasteiger partial charge in [-0.15, -0.1) is 0 Å². The van der Waals surface area contributed by atoms with Crippen molar-refractivity contribution in [3.05, 3.63) is 47.0 Å². The van der Waals surface area contributed by atoms with E-state index >= 15 is 0 Å². The molecule has 4 heterocycles. The normalized spacial score (nSPS) is 17.6. The Morgan fingerprint density at radius 1 is 1.07 bits per heavy atom. The molecule has 2 aromatic heterocycles. The van der Waals surface area contributed by atoms with Crippen LogP contribution in [0.15, 0.2) is 41.5 Å². The number of benzene rings is 1. The monoisotopic (exact) mass is 379 g/mol. The van der Waals surface area contributed by atoms with Crippen molar-refractivity contribution in [3.63, 3.8) is 0 Å². The number of likely N-dealkylation sites (N-methyl/N-ethyl adjacent to an activating group) is 1. The lowest BCUT2D eigenvalue weighted by atomic mass is 10.1. The predicted octanol–water partition coefficient (Wildman–Crippen LogP) is 1.06. The van der Waals surface area contributed by atoms with E-state index < -0.39 is 0 Å². The van der Waals surface area contributed by atoms with Crippen LogP contribution >= 0.6 is 0 Å². The van der Waals surface area contributed by atoms with Gasteiger partial charge < -0.3 is 9.80 Å². The largest absolute Gasteiger partial charge is 0.338 e. The summed E-state index contributed by atoms with van der Waals surface area (Å²) in [5, 5.41) is 5.08. The number of fused-ring (bicyclic) bond motifs is 1. The molecule has 2 amide bonds. The maximum Gasteiger partial charge on any atom is 0.324 e. The summed E-state index contributed by atoms with van der Waals surface area (Å²) in [7, 11) is 3.56. The number of carbonyl (C=O) groups is 1. The van der Waals surface area contributed by atoms with Crippen molar-refractivity contribution in [2.45, 2.75) is 6.04 Å². The fraction of sp³-hybridized carbons (Fsp3) is 0.368. The number of hydrogen-bond donors (Lipinski definition) is 0. The van der Waals surface area contributed by atoms with Gasteiger partial charge in [0.2, 0.25) is 5.95 Å². The highest BCUT2D eigenvalue weighted by Gasteiger charge is 2.33. The molecule has 9 nitrogen and oxygen atoms in total. The van der Waals surface area contributed by atoms with Crippen molar-refractivity contribution in [1.29, 1.82) is 0 Å². The zero-order chi connectivity index (χ0) is 19.4. The summed E-state index contributed by atoms with van der Waals surface area (Å²) < 4.78 is 3.50. The van der Waals surface area contributed by atoms with Gasteiger partial charge in [0.15, 0.2) is 0 Å². The van der Waals surface area contributed by atoms with Gasteiger partial charge in [-0.3, -0.25) is 18.9 Å². The van der Waals surface area contributed by atoms with E-state index in [4.69, 9.17) is 0 Å². The van der Waals surface area contributed by atoms with Gasteiger partial charge in [0.05, 0.1) is 28.8 Å². The minimum atomic E-state index is -0.0397. The van der Waals surface area contributed by atoms with E-state index in [0.717, 1.165) is 12.2 Å². The van der Waals surface area contributed by atoms with Gasteiger partial charge in [-0.1, -0.05) is 12.1 Å². The van der Waals surface area contributed by atoms with Crippen LogP contribution in [0.2, 0.25) is 0 Å². The standard InChI is InChI=1S/C19H21N7O2/c1-22-7-8-25(19(22)28)13-9-20-26(12-13)14-10-24(11-14)18-21-16-6-4-3-5-15(16)17(27)23(18)2/h3-6,9,12,14H,7-8,10-11H2,1-2H3. The molecule has 2 fully saturated rings. The Bertz CT molecular complexity index is 1130. The summed E-state index contributed by atoms with van der Waals surface area (Å²) >= 11 is 0. The molecule has 144 valence electrons. The van der Waals surface area contributed by atoms with E-state index in [1.165, 1.54) is 0 Å². The van der Waals surface area contributed by atoms with Crippen LogP contribution in [-0.4, -0.2) is 63.5 Å². The van der Waals surface area contributed by atoms with Gasteiger partial charge in [-0.2, -0.15) is 5.10 Å². The molecule has 0 unspecified atom stereocenters. The molecule has 0 saturated carbocycles. The third-order valence-corrected chi connectivity index (χ3v) is 5.59. The van der Waals surface area contributed by atoms with Crippen LogP contribution in [0.5, 0.6) is 0 Å². The summed E-state index contributed by atoms with van der Waals surface area (Å²) in [6, 6.07) is 7.59. The molecule has 0 aliphatic carbocycles. The molecular weight excluding hydrogens is 358 g/mol.